The van der Waals surface area contributed by atoms with Crippen molar-refractivity contribution in [3.63, 3.8) is 0 Å². The van der Waals surface area contributed by atoms with Crippen molar-refractivity contribution in [2.45, 2.75) is 58.1 Å². The maximum Gasteiger partial charge on any atom is 0.306 e. The van der Waals surface area contributed by atoms with Gasteiger partial charge in [-0.05, 0) is 74.9 Å². The third kappa shape index (κ3) is 5.44. The number of nitrogens with zero attached hydrogens (tertiary/aromatic N) is 2. The second kappa shape index (κ2) is 10.7. The highest BCUT2D eigenvalue weighted by Gasteiger charge is 2.50. The summed E-state index contributed by atoms with van der Waals surface area (Å²) in [5.41, 5.74) is 3.60. The maximum absolute atomic E-state index is 13.5. The van der Waals surface area contributed by atoms with Crippen LogP contribution in [-0.4, -0.2) is 53.6 Å². The van der Waals surface area contributed by atoms with E-state index in [2.05, 4.69) is 10.1 Å². The average Bonchev–Trinajstić information content (AvgIpc) is 3.31. The lowest BCUT2D eigenvalue weighted by atomic mass is 9.76. The Hall–Kier alpha value is -3.13. The molecule has 0 amide bonds. The summed E-state index contributed by atoms with van der Waals surface area (Å²) in [6.07, 6.45) is 4.01. The SMILES string of the molecule is CCOc1cc(CN2CC3(CC(C4CCC(C(=O)O)CC4)=NO3)C2)cc(OCC)c1-c1ccc(F)cc1. The van der Waals surface area contributed by atoms with Crippen LogP contribution in [0.5, 0.6) is 11.5 Å². The predicted molar refractivity (Wildman–Crippen MR) is 138 cm³/mol. The zero-order valence-corrected chi connectivity index (χ0v) is 21.5. The number of carbonyl (C=O) groups is 1. The Morgan fingerprint density at radius 2 is 1.70 bits per heavy atom. The number of halogens is 1. The van der Waals surface area contributed by atoms with Crippen molar-refractivity contribution in [3.05, 3.63) is 47.8 Å². The lowest BCUT2D eigenvalue weighted by Crippen LogP contribution is -2.61. The van der Waals surface area contributed by atoms with Crippen molar-refractivity contribution < 1.29 is 28.6 Å². The molecule has 5 rings (SSSR count). The molecule has 2 aromatic carbocycles. The molecule has 2 heterocycles. The van der Waals surface area contributed by atoms with Gasteiger partial charge in [0.25, 0.3) is 0 Å². The molecular formula is C29H35FN2O5. The van der Waals surface area contributed by atoms with Crippen molar-refractivity contribution in [1.82, 2.24) is 4.90 Å². The first-order valence-electron chi connectivity index (χ1n) is 13.3. The van der Waals surface area contributed by atoms with E-state index in [-0.39, 0.29) is 17.3 Å². The number of hydrogen-bond acceptors (Lipinski definition) is 6. The van der Waals surface area contributed by atoms with Crippen LogP contribution in [0.15, 0.2) is 41.6 Å². The number of hydrogen-bond donors (Lipinski definition) is 1. The molecule has 2 aliphatic heterocycles. The molecule has 2 aromatic rings. The first-order valence-corrected chi connectivity index (χ1v) is 13.3. The van der Waals surface area contributed by atoms with Gasteiger partial charge in [-0.1, -0.05) is 17.3 Å². The van der Waals surface area contributed by atoms with Crippen LogP contribution < -0.4 is 9.47 Å². The Balaban J connectivity index is 1.24. The van der Waals surface area contributed by atoms with Crippen LogP contribution in [0.1, 0.15) is 51.5 Å². The van der Waals surface area contributed by atoms with Crippen molar-refractivity contribution in [2.24, 2.45) is 17.0 Å². The third-order valence-corrected chi connectivity index (χ3v) is 7.70. The third-order valence-electron chi connectivity index (χ3n) is 7.70. The number of carboxylic acid groups (broad SMARTS) is 1. The second-order valence-corrected chi connectivity index (χ2v) is 10.4. The summed E-state index contributed by atoms with van der Waals surface area (Å²) >= 11 is 0. The van der Waals surface area contributed by atoms with Crippen molar-refractivity contribution in [1.29, 1.82) is 0 Å². The molecule has 1 spiro atoms. The van der Waals surface area contributed by atoms with Gasteiger partial charge in [-0.3, -0.25) is 9.69 Å². The van der Waals surface area contributed by atoms with Gasteiger partial charge in [0.15, 0.2) is 5.60 Å². The first kappa shape index (κ1) is 25.5. The molecule has 0 radical (unpaired) electrons. The Kier molecular flexibility index (Phi) is 7.38. The molecule has 1 saturated heterocycles. The number of benzene rings is 2. The molecule has 1 N–H and O–H groups in total. The molecular weight excluding hydrogens is 475 g/mol. The quantitative estimate of drug-likeness (QED) is 0.479. The Morgan fingerprint density at radius 1 is 1.08 bits per heavy atom. The van der Waals surface area contributed by atoms with E-state index in [9.17, 15) is 14.3 Å². The fourth-order valence-corrected chi connectivity index (χ4v) is 5.93. The van der Waals surface area contributed by atoms with Crippen molar-refractivity contribution in [2.75, 3.05) is 26.3 Å². The molecule has 0 unspecified atom stereocenters. The van der Waals surface area contributed by atoms with Gasteiger partial charge < -0.3 is 19.4 Å². The van der Waals surface area contributed by atoms with Gasteiger partial charge in [0.2, 0.25) is 0 Å². The molecule has 2 fully saturated rings. The molecule has 1 aliphatic carbocycles. The van der Waals surface area contributed by atoms with Crippen molar-refractivity contribution in [3.8, 4) is 22.6 Å². The van der Waals surface area contributed by atoms with Crippen LogP contribution in [0.25, 0.3) is 11.1 Å². The average molecular weight is 511 g/mol. The summed E-state index contributed by atoms with van der Waals surface area (Å²) in [6.45, 7) is 7.23. The first-order chi connectivity index (χ1) is 17.9. The van der Waals surface area contributed by atoms with Gasteiger partial charge in [0.1, 0.15) is 17.3 Å². The second-order valence-electron chi connectivity index (χ2n) is 10.4. The predicted octanol–water partition coefficient (Wildman–Crippen LogP) is 5.51. The van der Waals surface area contributed by atoms with Gasteiger partial charge in [-0.25, -0.2) is 4.39 Å². The minimum atomic E-state index is -0.681. The van der Waals surface area contributed by atoms with E-state index in [1.807, 2.05) is 26.0 Å². The summed E-state index contributed by atoms with van der Waals surface area (Å²) in [5, 5.41) is 13.7. The fourth-order valence-electron chi connectivity index (χ4n) is 5.93. The monoisotopic (exact) mass is 510 g/mol. The van der Waals surface area contributed by atoms with Crippen LogP contribution in [-0.2, 0) is 16.2 Å². The Morgan fingerprint density at radius 3 is 2.27 bits per heavy atom. The van der Waals surface area contributed by atoms with Crippen LogP contribution in [0.2, 0.25) is 0 Å². The van der Waals surface area contributed by atoms with Gasteiger partial charge in [-0.15, -0.1) is 0 Å². The number of aliphatic carboxylic acids is 1. The summed E-state index contributed by atoms with van der Waals surface area (Å²) < 4.78 is 25.6. The smallest absolute Gasteiger partial charge is 0.306 e. The molecule has 8 heteroatoms. The number of ether oxygens (including phenoxy) is 2. The maximum atomic E-state index is 13.5. The summed E-state index contributed by atoms with van der Waals surface area (Å²) in [5.74, 6) is 0.613. The van der Waals surface area contributed by atoms with Gasteiger partial charge in [0.05, 0.1) is 30.4 Å². The standard InChI is InChI=1S/C29H35FN2O5/c1-3-35-25-13-19(14-26(36-4-2)27(25)21-9-11-23(30)12-10-21)16-32-17-29(18-32)15-24(31-37-29)20-5-7-22(8-6-20)28(33)34/h9-14,20,22H,3-8,15-18H2,1-2H3,(H,33,34). The normalized spacial score (nSPS) is 22.7. The minimum absolute atomic E-state index is 0.218. The Bertz CT molecular complexity index is 1120. The van der Waals surface area contributed by atoms with E-state index in [1.165, 1.54) is 12.1 Å². The number of rotatable bonds is 9. The molecule has 0 aromatic heterocycles. The molecule has 198 valence electrons. The highest BCUT2D eigenvalue weighted by molar-refractivity contribution is 5.89. The van der Waals surface area contributed by atoms with Crippen LogP contribution >= 0.6 is 0 Å². The van der Waals surface area contributed by atoms with Crippen LogP contribution in [0.4, 0.5) is 4.39 Å². The van der Waals surface area contributed by atoms with E-state index < -0.39 is 5.97 Å². The molecule has 0 atom stereocenters. The van der Waals surface area contributed by atoms with E-state index in [4.69, 9.17) is 14.3 Å². The largest absolute Gasteiger partial charge is 0.493 e. The Labute approximate surface area is 217 Å². The van der Waals surface area contributed by atoms with Crippen molar-refractivity contribution >= 4 is 11.7 Å². The van der Waals surface area contributed by atoms with Crippen LogP contribution in [0.3, 0.4) is 0 Å². The number of likely N-dealkylation sites (tertiary alicyclic amines) is 1. The lowest BCUT2D eigenvalue weighted by molar-refractivity contribution is -0.142. The summed E-state index contributed by atoms with van der Waals surface area (Å²) in [6, 6.07) is 10.5. The molecule has 3 aliphatic rings. The van der Waals surface area contributed by atoms with Gasteiger partial charge in [-0.2, -0.15) is 0 Å². The molecule has 0 bridgehead atoms. The summed E-state index contributed by atoms with van der Waals surface area (Å²) in [4.78, 5) is 19.5. The summed E-state index contributed by atoms with van der Waals surface area (Å²) in [7, 11) is 0. The zero-order chi connectivity index (χ0) is 26.0. The lowest BCUT2D eigenvalue weighted by Gasteiger charge is -2.45. The number of oxime groups is 1. The minimum Gasteiger partial charge on any atom is -0.493 e. The van der Waals surface area contributed by atoms with Gasteiger partial charge in [0, 0.05) is 32.0 Å². The highest BCUT2D eigenvalue weighted by atomic mass is 19.1. The topological polar surface area (TPSA) is 80.6 Å². The van der Waals surface area contributed by atoms with Gasteiger partial charge >= 0.3 is 5.97 Å². The van der Waals surface area contributed by atoms with E-state index >= 15 is 0 Å². The molecule has 1 saturated carbocycles. The van der Waals surface area contributed by atoms with E-state index in [0.29, 0.717) is 19.1 Å². The number of carboxylic acids is 1. The van der Waals surface area contributed by atoms with Crippen LogP contribution in [0, 0.1) is 17.7 Å². The van der Waals surface area contributed by atoms with E-state index in [1.54, 1.807) is 12.1 Å². The fraction of sp³-hybridized carbons (Fsp3) is 0.517. The highest BCUT2D eigenvalue weighted by Crippen LogP contribution is 2.43. The molecule has 37 heavy (non-hydrogen) atoms. The zero-order valence-electron chi connectivity index (χ0n) is 21.5. The van der Waals surface area contributed by atoms with E-state index in [0.717, 1.165) is 85.6 Å². The molecule has 7 nitrogen and oxygen atoms in total.